The van der Waals surface area contributed by atoms with Crippen LogP contribution in [0.3, 0.4) is 0 Å². The first-order chi connectivity index (χ1) is 10.3. The molecule has 0 aliphatic rings. The van der Waals surface area contributed by atoms with Gasteiger partial charge in [0, 0.05) is 18.2 Å². The Morgan fingerprint density at radius 1 is 1.00 bits per heavy atom. The number of unbranched alkanes of at least 4 members (excludes halogenated alkanes) is 1. The summed E-state index contributed by atoms with van der Waals surface area (Å²) >= 11 is 0. The number of carbonyl (C=O) groups excluding carboxylic acids is 1. The third-order valence-corrected chi connectivity index (χ3v) is 2.95. The first-order valence-corrected chi connectivity index (χ1v) is 7.11. The quantitative estimate of drug-likeness (QED) is 0.764. The van der Waals surface area contributed by atoms with Gasteiger partial charge in [-0.2, -0.15) is 0 Å². The largest absolute Gasteiger partial charge is 0.457 e. The molecule has 4 heteroatoms. The average Bonchev–Trinajstić information content (AvgIpc) is 2.49. The second-order valence-electron chi connectivity index (χ2n) is 4.74. The minimum absolute atomic E-state index is 0.000288. The van der Waals surface area contributed by atoms with Crippen LogP contribution in [0.25, 0.3) is 0 Å². The Balaban J connectivity index is 1.93. The predicted molar refractivity (Wildman–Crippen MR) is 84.5 cm³/mol. The molecule has 0 atom stereocenters. The molecule has 110 valence electrons. The fraction of sp³-hybridized carbons (Fsp3) is 0.235. The van der Waals surface area contributed by atoms with Crippen LogP contribution in [-0.2, 0) is 4.79 Å². The zero-order chi connectivity index (χ0) is 14.9. The van der Waals surface area contributed by atoms with Crippen LogP contribution in [0.4, 0.5) is 5.69 Å². The Bertz CT molecular complexity index is 570. The van der Waals surface area contributed by atoms with E-state index >= 15 is 0 Å². The van der Waals surface area contributed by atoms with Gasteiger partial charge in [-0.1, -0.05) is 24.3 Å². The van der Waals surface area contributed by atoms with Gasteiger partial charge in [-0.05, 0) is 43.7 Å². The van der Waals surface area contributed by atoms with Gasteiger partial charge in [0.15, 0.2) is 0 Å². The molecule has 21 heavy (non-hydrogen) atoms. The summed E-state index contributed by atoms with van der Waals surface area (Å²) in [5, 5.41) is 2.87. The number of ether oxygens (including phenoxy) is 1. The molecule has 1 amide bonds. The van der Waals surface area contributed by atoms with Crippen LogP contribution in [-0.4, -0.2) is 12.5 Å². The van der Waals surface area contributed by atoms with Crippen molar-refractivity contribution in [2.75, 3.05) is 11.9 Å². The van der Waals surface area contributed by atoms with Crippen LogP contribution in [0.2, 0.25) is 0 Å². The fourth-order valence-corrected chi connectivity index (χ4v) is 1.92. The lowest BCUT2D eigenvalue weighted by molar-refractivity contribution is -0.116. The number of carbonyl (C=O) groups is 1. The molecule has 0 radical (unpaired) electrons. The molecule has 0 spiro atoms. The van der Waals surface area contributed by atoms with Crippen LogP contribution in [0, 0.1) is 0 Å². The number of hydrogen-bond acceptors (Lipinski definition) is 3. The monoisotopic (exact) mass is 284 g/mol. The van der Waals surface area contributed by atoms with Crippen molar-refractivity contribution in [2.24, 2.45) is 5.73 Å². The number of nitrogens with two attached hydrogens (primary N) is 1. The number of nitrogens with one attached hydrogen (secondary N) is 1. The van der Waals surface area contributed by atoms with Gasteiger partial charge in [0.2, 0.25) is 5.91 Å². The van der Waals surface area contributed by atoms with Gasteiger partial charge in [-0.25, -0.2) is 0 Å². The van der Waals surface area contributed by atoms with E-state index in [1.807, 2.05) is 54.6 Å². The highest BCUT2D eigenvalue weighted by Gasteiger charge is 2.03. The minimum atomic E-state index is 0.000288. The third kappa shape index (κ3) is 5.28. The molecule has 2 rings (SSSR count). The van der Waals surface area contributed by atoms with Crippen LogP contribution in [0.15, 0.2) is 54.6 Å². The Labute approximate surface area is 124 Å². The van der Waals surface area contributed by atoms with Crippen LogP contribution in [0.5, 0.6) is 11.5 Å². The van der Waals surface area contributed by atoms with Crippen molar-refractivity contribution in [1.29, 1.82) is 0 Å². The Morgan fingerprint density at radius 2 is 1.76 bits per heavy atom. The third-order valence-electron chi connectivity index (χ3n) is 2.95. The highest BCUT2D eigenvalue weighted by atomic mass is 16.5. The van der Waals surface area contributed by atoms with E-state index in [2.05, 4.69) is 5.32 Å². The van der Waals surface area contributed by atoms with Crippen molar-refractivity contribution in [3.63, 3.8) is 0 Å². The lowest BCUT2D eigenvalue weighted by atomic mass is 10.2. The summed E-state index contributed by atoms with van der Waals surface area (Å²) in [5.41, 5.74) is 6.15. The van der Waals surface area contributed by atoms with Crippen molar-refractivity contribution in [2.45, 2.75) is 19.3 Å². The maximum atomic E-state index is 11.8. The van der Waals surface area contributed by atoms with Gasteiger partial charge >= 0.3 is 0 Å². The normalized spacial score (nSPS) is 10.1. The van der Waals surface area contributed by atoms with Crippen LogP contribution in [0.1, 0.15) is 19.3 Å². The van der Waals surface area contributed by atoms with E-state index in [4.69, 9.17) is 10.5 Å². The number of anilines is 1. The Hall–Kier alpha value is -2.33. The van der Waals surface area contributed by atoms with Gasteiger partial charge in [0.1, 0.15) is 11.5 Å². The van der Waals surface area contributed by atoms with E-state index in [1.165, 1.54) is 0 Å². The summed E-state index contributed by atoms with van der Waals surface area (Å²) in [6, 6.07) is 16.9. The predicted octanol–water partition coefficient (Wildman–Crippen LogP) is 3.55. The highest BCUT2D eigenvalue weighted by molar-refractivity contribution is 5.90. The average molecular weight is 284 g/mol. The van der Waals surface area contributed by atoms with Crippen molar-refractivity contribution in [3.05, 3.63) is 54.6 Å². The standard InChI is InChI=1S/C17H20N2O2/c18-12-5-4-11-17(20)19-14-7-6-10-16(13-14)21-15-8-2-1-3-9-15/h1-3,6-10,13H,4-5,11-12,18H2,(H,19,20). The minimum Gasteiger partial charge on any atom is -0.457 e. The summed E-state index contributed by atoms with van der Waals surface area (Å²) in [4.78, 5) is 11.8. The van der Waals surface area contributed by atoms with E-state index in [9.17, 15) is 4.79 Å². The molecule has 0 saturated heterocycles. The molecule has 0 aliphatic carbocycles. The molecule has 0 fully saturated rings. The summed E-state index contributed by atoms with van der Waals surface area (Å²) in [5.74, 6) is 1.46. The molecule has 0 saturated carbocycles. The lowest BCUT2D eigenvalue weighted by Crippen LogP contribution is -2.11. The van der Waals surface area contributed by atoms with Gasteiger partial charge in [-0.15, -0.1) is 0 Å². The zero-order valence-electron chi connectivity index (χ0n) is 11.9. The van der Waals surface area contributed by atoms with E-state index in [0.717, 1.165) is 24.3 Å². The maximum Gasteiger partial charge on any atom is 0.224 e. The van der Waals surface area contributed by atoms with Crippen molar-refractivity contribution >= 4 is 11.6 Å². The molecular weight excluding hydrogens is 264 g/mol. The molecule has 0 bridgehead atoms. The van der Waals surface area contributed by atoms with Crippen molar-refractivity contribution < 1.29 is 9.53 Å². The lowest BCUT2D eigenvalue weighted by Gasteiger charge is -2.09. The number of benzene rings is 2. The number of hydrogen-bond donors (Lipinski definition) is 2. The zero-order valence-corrected chi connectivity index (χ0v) is 11.9. The summed E-state index contributed by atoms with van der Waals surface area (Å²) in [6.07, 6.45) is 2.16. The van der Waals surface area contributed by atoms with Gasteiger partial charge < -0.3 is 15.8 Å². The highest BCUT2D eigenvalue weighted by Crippen LogP contribution is 2.23. The molecule has 2 aromatic carbocycles. The van der Waals surface area contributed by atoms with Crippen molar-refractivity contribution in [1.82, 2.24) is 0 Å². The number of para-hydroxylation sites is 1. The smallest absolute Gasteiger partial charge is 0.224 e. The molecule has 3 N–H and O–H groups in total. The first kappa shape index (κ1) is 15.1. The number of rotatable bonds is 7. The molecule has 2 aromatic rings. The van der Waals surface area contributed by atoms with Crippen LogP contribution < -0.4 is 15.8 Å². The van der Waals surface area contributed by atoms with Gasteiger partial charge in [0.05, 0.1) is 0 Å². The molecule has 0 aliphatic heterocycles. The molecule has 0 unspecified atom stereocenters. The summed E-state index contributed by atoms with van der Waals surface area (Å²) in [6.45, 7) is 0.619. The summed E-state index contributed by atoms with van der Waals surface area (Å²) in [7, 11) is 0. The first-order valence-electron chi connectivity index (χ1n) is 7.11. The molecular formula is C17H20N2O2. The Morgan fingerprint density at radius 3 is 2.52 bits per heavy atom. The summed E-state index contributed by atoms with van der Waals surface area (Å²) < 4.78 is 5.73. The number of amides is 1. The van der Waals surface area contributed by atoms with E-state index in [0.29, 0.717) is 18.7 Å². The van der Waals surface area contributed by atoms with E-state index in [1.54, 1.807) is 0 Å². The SMILES string of the molecule is NCCCCC(=O)Nc1cccc(Oc2ccccc2)c1. The fourth-order valence-electron chi connectivity index (χ4n) is 1.92. The second kappa shape index (κ2) is 8.07. The van der Waals surface area contributed by atoms with Crippen LogP contribution >= 0.6 is 0 Å². The Kier molecular flexibility index (Phi) is 5.79. The van der Waals surface area contributed by atoms with E-state index < -0.39 is 0 Å². The van der Waals surface area contributed by atoms with Crippen molar-refractivity contribution in [3.8, 4) is 11.5 Å². The second-order valence-corrected chi connectivity index (χ2v) is 4.74. The molecule has 4 nitrogen and oxygen atoms in total. The van der Waals surface area contributed by atoms with Gasteiger partial charge in [-0.3, -0.25) is 4.79 Å². The van der Waals surface area contributed by atoms with E-state index in [-0.39, 0.29) is 5.91 Å². The maximum absolute atomic E-state index is 11.8. The topological polar surface area (TPSA) is 64.4 Å². The van der Waals surface area contributed by atoms with Gasteiger partial charge in [0.25, 0.3) is 0 Å². The molecule has 0 heterocycles. The molecule has 0 aromatic heterocycles.